The molecule has 1 aliphatic rings. The first kappa shape index (κ1) is 16.4. The van der Waals surface area contributed by atoms with Crippen LogP contribution in [0.25, 0.3) is 16.7 Å². The summed E-state index contributed by atoms with van der Waals surface area (Å²) in [6.07, 6.45) is 3.10. The lowest BCUT2D eigenvalue weighted by Gasteiger charge is -2.24. The first-order chi connectivity index (χ1) is 12.7. The van der Waals surface area contributed by atoms with Crippen molar-refractivity contribution in [2.45, 2.75) is 12.5 Å². The molecule has 1 atom stereocenters. The van der Waals surface area contributed by atoms with Gasteiger partial charge in [0.15, 0.2) is 0 Å². The van der Waals surface area contributed by atoms with Gasteiger partial charge in [0.25, 0.3) is 0 Å². The molecule has 1 aliphatic heterocycles. The second-order valence-electron chi connectivity index (χ2n) is 6.56. The van der Waals surface area contributed by atoms with E-state index in [1.54, 1.807) is 12.1 Å². The van der Waals surface area contributed by atoms with Crippen LogP contribution < -0.4 is 5.32 Å². The number of hydrogen-bond donors (Lipinski definition) is 3. The summed E-state index contributed by atoms with van der Waals surface area (Å²) in [6.45, 7) is 0.844. The second-order valence-corrected chi connectivity index (χ2v) is 6.56. The van der Waals surface area contributed by atoms with E-state index in [-0.39, 0.29) is 17.5 Å². The number of phenolic OH excluding ortho intramolecular Hbond substituents is 2. The molecule has 26 heavy (non-hydrogen) atoms. The van der Waals surface area contributed by atoms with Crippen molar-refractivity contribution in [1.29, 1.82) is 0 Å². The van der Waals surface area contributed by atoms with Crippen molar-refractivity contribution in [3.05, 3.63) is 90.0 Å². The van der Waals surface area contributed by atoms with Crippen LogP contribution in [0.3, 0.4) is 0 Å². The summed E-state index contributed by atoms with van der Waals surface area (Å²) in [6, 6.07) is 23.7. The van der Waals surface area contributed by atoms with Crippen LogP contribution in [0.4, 0.5) is 0 Å². The van der Waals surface area contributed by atoms with Crippen molar-refractivity contribution >= 4 is 5.57 Å². The zero-order valence-corrected chi connectivity index (χ0v) is 14.4. The molecule has 0 bridgehead atoms. The monoisotopic (exact) mass is 343 g/mol. The van der Waals surface area contributed by atoms with Gasteiger partial charge in [0.05, 0.1) is 6.04 Å². The molecule has 0 saturated carbocycles. The summed E-state index contributed by atoms with van der Waals surface area (Å²) in [5.74, 6) is 0.183. The van der Waals surface area contributed by atoms with Crippen LogP contribution >= 0.6 is 0 Å². The summed E-state index contributed by atoms with van der Waals surface area (Å²) in [4.78, 5) is 0. The minimum atomic E-state index is -0.0619. The Kier molecular flexibility index (Phi) is 4.46. The molecule has 3 nitrogen and oxygen atoms in total. The summed E-state index contributed by atoms with van der Waals surface area (Å²) in [7, 11) is 0. The fourth-order valence-corrected chi connectivity index (χ4v) is 3.45. The molecule has 1 heterocycles. The number of hydrogen-bond acceptors (Lipinski definition) is 3. The zero-order valence-electron chi connectivity index (χ0n) is 14.4. The van der Waals surface area contributed by atoms with Crippen molar-refractivity contribution in [1.82, 2.24) is 5.32 Å². The lowest BCUT2D eigenvalue weighted by molar-refractivity contribution is 0.439. The van der Waals surface area contributed by atoms with Gasteiger partial charge in [-0.3, -0.25) is 0 Å². The third kappa shape index (κ3) is 3.35. The third-order valence-corrected chi connectivity index (χ3v) is 4.84. The average Bonchev–Trinajstić information content (AvgIpc) is 2.69. The van der Waals surface area contributed by atoms with Gasteiger partial charge in [-0.15, -0.1) is 0 Å². The average molecular weight is 343 g/mol. The highest BCUT2D eigenvalue weighted by atomic mass is 16.3. The van der Waals surface area contributed by atoms with Crippen LogP contribution in [0, 0.1) is 0 Å². The Hall–Kier alpha value is -3.04. The van der Waals surface area contributed by atoms with Crippen LogP contribution in [-0.2, 0) is 0 Å². The highest BCUT2D eigenvalue weighted by molar-refractivity contribution is 5.71. The van der Waals surface area contributed by atoms with Crippen molar-refractivity contribution in [3.63, 3.8) is 0 Å². The normalized spacial score (nSPS) is 16.9. The first-order valence-electron chi connectivity index (χ1n) is 8.82. The Morgan fingerprint density at radius 1 is 0.769 bits per heavy atom. The van der Waals surface area contributed by atoms with Crippen molar-refractivity contribution in [3.8, 4) is 22.6 Å². The van der Waals surface area contributed by atoms with Gasteiger partial charge in [0, 0.05) is 18.2 Å². The predicted octanol–water partition coefficient (Wildman–Crippen LogP) is 4.88. The van der Waals surface area contributed by atoms with Crippen molar-refractivity contribution in [2.24, 2.45) is 0 Å². The fraction of sp³-hybridized carbons (Fsp3) is 0.130. The highest BCUT2D eigenvalue weighted by Gasteiger charge is 2.18. The standard InChI is InChI=1S/C23H21NO2/c25-20-10-11-21(23(26)15-20)22-14-19(12-13-24-22)18-8-6-17(7-9-18)16-4-2-1-3-5-16/h1-11,14-15,22,24-26H,12-13H2. The molecule has 0 fully saturated rings. The molecule has 3 aromatic carbocycles. The topological polar surface area (TPSA) is 52.5 Å². The maximum Gasteiger partial charge on any atom is 0.124 e. The smallest absolute Gasteiger partial charge is 0.124 e. The minimum absolute atomic E-state index is 0.0619. The van der Waals surface area contributed by atoms with Gasteiger partial charge in [-0.05, 0) is 40.8 Å². The Balaban J connectivity index is 1.61. The van der Waals surface area contributed by atoms with E-state index < -0.39 is 0 Å². The van der Waals surface area contributed by atoms with Crippen LogP contribution in [0.15, 0.2) is 78.9 Å². The van der Waals surface area contributed by atoms with Gasteiger partial charge in [-0.1, -0.05) is 60.7 Å². The Bertz CT molecular complexity index is 930. The quantitative estimate of drug-likeness (QED) is 0.635. The molecule has 0 saturated heterocycles. The largest absolute Gasteiger partial charge is 0.508 e. The third-order valence-electron chi connectivity index (χ3n) is 4.84. The molecule has 130 valence electrons. The summed E-state index contributed by atoms with van der Waals surface area (Å²) in [5.41, 5.74) is 5.66. The molecule has 1 unspecified atom stereocenters. The number of rotatable bonds is 3. The number of nitrogens with one attached hydrogen (secondary N) is 1. The van der Waals surface area contributed by atoms with Gasteiger partial charge in [-0.2, -0.15) is 0 Å². The second kappa shape index (κ2) is 7.06. The number of phenols is 2. The van der Waals surface area contributed by atoms with E-state index in [2.05, 4.69) is 47.8 Å². The lowest BCUT2D eigenvalue weighted by atomic mass is 9.92. The van der Waals surface area contributed by atoms with E-state index in [0.29, 0.717) is 0 Å². The minimum Gasteiger partial charge on any atom is -0.508 e. The molecule has 3 aromatic rings. The van der Waals surface area contributed by atoms with E-state index in [1.807, 2.05) is 18.2 Å². The molecule has 3 heteroatoms. The molecule has 0 aliphatic carbocycles. The maximum absolute atomic E-state index is 10.1. The number of aromatic hydroxyl groups is 2. The van der Waals surface area contributed by atoms with Gasteiger partial charge < -0.3 is 15.5 Å². The van der Waals surface area contributed by atoms with Crippen LogP contribution in [0.1, 0.15) is 23.6 Å². The Morgan fingerprint density at radius 2 is 1.46 bits per heavy atom. The summed E-state index contributed by atoms with van der Waals surface area (Å²) >= 11 is 0. The van der Waals surface area contributed by atoms with Gasteiger partial charge in [0.1, 0.15) is 11.5 Å². The summed E-state index contributed by atoms with van der Waals surface area (Å²) < 4.78 is 0. The van der Waals surface area contributed by atoms with E-state index >= 15 is 0 Å². The summed E-state index contributed by atoms with van der Waals surface area (Å²) in [5, 5.41) is 23.0. The van der Waals surface area contributed by atoms with Crippen LogP contribution in [0.2, 0.25) is 0 Å². The van der Waals surface area contributed by atoms with E-state index in [0.717, 1.165) is 18.5 Å². The molecule has 0 amide bonds. The first-order valence-corrected chi connectivity index (χ1v) is 8.82. The lowest BCUT2D eigenvalue weighted by Crippen LogP contribution is -2.25. The van der Waals surface area contributed by atoms with E-state index in [1.165, 1.54) is 28.3 Å². The van der Waals surface area contributed by atoms with Gasteiger partial charge in [0.2, 0.25) is 0 Å². The molecule has 0 radical (unpaired) electrons. The Morgan fingerprint density at radius 3 is 2.19 bits per heavy atom. The van der Waals surface area contributed by atoms with Crippen LogP contribution in [-0.4, -0.2) is 16.8 Å². The fourth-order valence-electron chi connectivity index (χ4n) is 3.45. The van der Waals surface area contributed by atoms with Gasteiger partial charge in [-0.25, -0.2) is 0 Å². The molecular weight excluding hydrogens is 322 g/mol. The van der Waals surface area contributed by atoms with Crippen molar-refractivity contribution < 1.29 is 10.2 Å². The highest BCUT2D eigenvalue weighted by Crippen LogP contribution is 2.34. The molecule has 3 N–H and O–H groups in total. The maximum atomic E-state index is 10.1. The molecule has 4 rings (SSSR count). The molecule has 0 aromatic heterocycles. The zero-order chi connectivity index (χ0) is 17.9. The van der Waals surface area contributed by atoms with Crippen LogP contribution in [0.5, 0.6) is 11.5 Å². The number of benzene rings is 3. The van der Waals surface area contributed by atoms with E-state index in [9.17, 15) is 10.2 Å². The van der Waals surface area contributed by atoms with Gasteiger partial charge >= 0.3 is 0 Å². The van der Waals surface area contributed by atoms with E-state index in [4.69, 9.17) is 0 Å². The molecular formula is C23H21NO2. The SMILES string of the molecule is Oc1ccc(C2C=C(c3ccc(-c4ccccc4)cc3)CCN2)c(O)c1. The predicted molar refractivity (Wildman–Crippen MR) is 105 cm³/mol. The van der Waals surface area contributed by atoms with Crippen molar-refractivity contribution in [2.75, 3.05) is 6.54 Å². The Labute approximate surface area is 153 Å². The molecule has 0 spiro atoms.